The van der Waals surface area contributed by atoms with Crippen LogP contribution < -0.4 is 16.2 Å². The summed E-state index contributed by atoms with van der Waals surface area (Å²) in [7, 11) is 0. The summed E-state index contributed by atoms with van der Waals surface area (Å²) in [6.45, 7) is 3.35. The van der Waals surface area contributed by atoms with Gasteiger partial charge >= 0.3 is 0 Å². The van der Waals surface area contributed by atoms with Crippen molar-refractivity contribution in [2.24, 2.45) is 0 Å². The molecule has 7 nitrogen and oxygen atoms in total. The lowest BCUT2D eigenvalue weighted by Gasteiger charge is -2.12. The highest BCUT2D eigenvalue weighted by Gasteiger charge is 2.15. The Bertz CT molecular complexity index is 1120. The summed E-state index contributed by atoms with van der Waals surface area (Å²) in [5, 5.41) is 5.97. The predicted molar refractivity (Wildman–Crippen MR) is 113 cm³/mol. The molecule has 2 aromatic carbocycles. The van der Waals surface area contributed by atoms with Crippen molar-refractivity contribution >= 4 is 34.8 Å². The summed E-state index contributed by atoms with van der Waals surface area (Å²) in [5.41, 5.74) is 1.94. The number of carbonyl (C=O) groups is 2. The molecule has 2 amide bonds. The van der Waals surface area contributed by atoms with Gasteiger partial charge in [0.2, 0.25) is 5.91 Å². The van der Waals surface area contributed by atoms with Crippen LogP contribution in [0.3, 0.4) is 0 Å². The van der Waals surface area contributed by atoms with Crippen LogP contribution in [0.4, 0.5) is 11.4 Å². The van der Waals surface area contributed by atoms with E-state index < -0.39 is 11.5 Å². The second kappa shape index (κ2) is 8.70. The highest BCUT2D eigenvalue weighted by Crippen LogP contribution is 2.22. The molecule has 8 heteroatoms. The van der Waals surface area contributed by atoms with Crippen molar-refractivity contribution in [3.05, 3.63) is 75.2 Å². The van der Waals surface area contributed by atoms with E-state index in [-0.39, 0.29) is 11.5 Å². The molecular weight excluding hydrogens is 392 g/mol. The summed E-state index contributed by atoms with van der Waals surface area (Å²) in [6, 6.07) is 12.0. The number of halogens is 1. The van der Waals surface area contributed by atoms with E-state index in [0.717, 1.165) is 5.56 Å². The molecule has 0 spiro atoms. The second-order valence-corrected chi connectivity index (χ2v) is 6.78. The first-order chi connectivity index (χ1) is 13.9. The lowest BCUT2D eigenvalue weighted by atomic mass is 10.1. The smallest absolute Gasteiger partial charge is 0.264 e. The number of anilines is 2. The summed E-state index contributed by atoms with van der Waals surface area (Å²) in [4.78, 5) is 43.2. The lowest BCUT2D eigenvalue weighted by Crippen LogP contribution is -2.24. The van der Waals surface area contributed by atoms with Gasteiger partial charge in [-0.05, 0) is 48.4 Å². The van der Waals surface area contributed by atoms with Gasteiger partial charge in [-0.25, -0.2) is 4.98 Å². The number of aromatic nitrogens is 2. The molecule has 0 bridgehead atoms. The molecule has 29 heavy (non-hydrogen) atoms. The van der Waals surface area contributed by atoms with E-state index in [1.54, 1.807) is 36.4 Å². The van der Waals surface area contributed by atoms with Crippen LogP contribution in [0.2, 0.25) is 5.02 Å². The monoisotopic (exact) mass is 410 g/mol. The Kier molecular flexibility index (Phi) is 6.09. The zero-order chi connectivity index (χ0) is 21.0. The molecule has 0 saturated heterocycles. The Morgan fingerprint density at radius 1 is 1.10 bits per heavy atom. The highest BCUT2D eigenvalue weighted by atomic mass is 35.5. The van der Waals surface area contributed by atoms with Crippen LogP contribution in [0.5, 0.6) is 0 Å². The van der Waals surface area contributed by atoms with Crippen LogP contribution in [0.25, 0.3) is 11.4 Å². The van der Waals surface area contributed by atoms with Crippen LogP contribution in [-0.2, 0) is 11.2 Å². The molecule has 1 aromatic heterocycles. The number of rotatable bonds is 5. The maximum atomic E-state index is 12.7. The van der Waals surface area contributed by atoms with Crippen molar-refractivity contribution in [2.75, 3.05) is 10.6 Å². The molecule has 0 aliphatic carbocycles. The molecule has 0 fully saturated rings. The van der Waals surface area contributed by atoms with Gasteiger partial charge in [-0.2, -0.15) is 0 Å². The normalized spacial score (nSPS) is 10.4. The average Bonchev–Trinajstić information content (AvgIpc) is 2.68. The third-order valence-electron chi connectivity index (χ3n) is 4.22. The molecule has 0 aliphatic rings. The number of amides is 2. The Morgan fingerprint density at radius 2 is 1.83 bits per heavy atom. The van der Waals surface area contributed by atoms with E-state index in [4.69, 9.17) is 11.6 Å². The fourth-order valence-electron chi connectivity index (χ4n) is 2.78. The molecule has 3 aromatic rings. The number of hydrogen-bond acceptors (Lipinski definition) is 4. The van der Waals surface area contributed by atoms with Gasteiger partial charge in [0.25, 0.3) is 11.5 Å². The molecule has 0 atom stereocenters. The summed E-state index contributed by atoms with van der Waals surface area (Å²) >= 11 is 5.87. The average molecular weight is 411 g/mol. The highest BCUT2D eigenvalue weighted by molar-refractivity contribution is 6.30. The third kappa shape index (κ3) is 4.89. The predicted octanol–water partition coefficient (Wildman–Crippen LogP) is 3.86. The van der Waals surface area contributed by atoms with Gasteiger partial charge < -0.3 is 15.6 Å². The van der Waals surface area contributed by atoms with Crippen molar-refractivity contribution in [3.63, 3.8) is 0 Å². The minimum absolute atomic E-state index is 0.116. The zero-order valence-electron chi connectivity index (χ0n) is 15.9. The number of benzene rings is 2. The molecule has 3 N–H and O–H groups in total. The topological polar surface area (TPSA) is 104 Å². The van der Waals surface area contributed by atoms with Gasteiger partial charge in [0.15, 0.2) is 0 Å². The number of nitrogens with zero attached hydrogens (tertiary/aromatic N) is 1. The molecule has 0 unspecified atom stereocenters. The maximum absolute atomic E-state index is 12.7. The van der Waals surface area contributed by atoms with Crippen molar-refractivity contribution in [1.29, 1.82) is 0 Å². The van der Waals surface area contributed by atoms with E-state index in [0.29, 0.717) is 34.2 Å². The number of aromatic amines is 1. The summed E-state index contributed by atoms with van der Waals surface area (Å²) < 4.78 is 0. The maximum Gasteiger partial charge on any atom is 0.264 e. The Labute approximate surface area is 172 Å². The first-order valence-corrected chi connectivity index (χ1v) is 9.32. The van der Waals surface area contributed by atoms with Gasteiger partial charge in [0.1, 0.15) is 11.4 Å². The van der Waals surface area contributed by atoms with Gasteiger partial charge in [0.05, 0.1) is 0 Å². The van der Waals surface area contributed by atoms with Crippen LogP contribution >= 0.6 is 11.6 Å². The fraction of sp³-hybridized carbons (Fsp3) is 0.143. The number of carbonyl (C=O) groups excluding carboxylic acids is 2. The van der Waals surface area contributed by atoms with E-state index in [9.17, 15) is 14.4 Å². The van der Waals surface area contributed by atoms with Crippen molar-refractivity contribution in [1.82, 2.24) is 9.97 Å². The zero-order valence-corrected chi connectivity index (χ0v) is 16.6. The van der Waals surface area contributed by atoms with Crippen molar-refractivity contribution < 1.29 is 9.59 Å². The van der Waals surface area contributed by atoms with E-state index in [1.165, 1.54) is 13.1 Å². The Balaban J connectivity index is 1.86. The van der Waals surface area contributed by atoms with E-state index in [2.05, 4.69) is 20.6 Å². The van der Waals surface area contributed by atoms with Crippen molar-refractivity contribution in [3.8, 4) is 11.4 Å². The first-order valence-electron chi connectivity index (χ1n) is 8.94. The number of H-pyrrole nitrogens is 1. The number of hydrogen-bond donors (Lipinski definition) is 3. The Hall–Kier alpha value is -3.45. The van der Waals surface area contributed by atoms with Gasteiger partial charge in [0, 0.05) is 35.1 Å². The standard InChI is InChI=1S/C21H19ClN4O3/c1-3-13-6-9-16(24-12(2)27)10-18(13)25-20(28)17-11-23-19(26-21(17)29)14-4-7-15(22)8-5-14/h4-11H,3H2,1-2H3,(H,24,27)(H,25,28)(H,23,26,29). The molecule has 1 heterocycles. The molecule has 0 aliphatic heterocycles. The van der Waals surface area contributed by atoms with Crippen LogP contribution in [0, 0.1) is 0 Å². The third-order valence-corrected chi connectivity index (χ3v) is 4.47. The fourth-order valence-corrected chi connectivity index (χ4v) is 2.91. The van der Waals surface area contributed by atoms with Gasteiger partial charge in [-0.15, -0.1) is 0 Å². The van der Waals surface area contributed by atoms with Crippen LogP contribution in [0.15, 0.2) is 53.5 Å². The largest absolute Gasteiger partial charge is 0.326 e. The molecular formula is C21H19ClN4O3. The summed E-state index contributed by atoms with van der Waals surface area (Å²) in [6.07, 6.45) is 1.90. The quantitative estimate of drug-likeness (QED) is 0.594. The van der Waals surface area contributed by atoms with Crippen LogP contribution in [-0.4, -0.2) is 21.8 Å². The molecule has 0 saturated carbocycles. The van der Waals surface area contributed by atoms with Gasteiger partial charge in [-0.1, -0.05) is 24.6 Å². The second-order valence-electron chi connectivity index (χ2n) is 6.34. The molecule has 0 radical (unpaired) electrons. The number of aryl methyl sites for hydroxylation is 1. The SMILES string of the molecule is CCc1ccc(NC(C)=O)cc1NC(=O)c1cnc(-c2ccc(Cl)cc2)[nH]c1=O. The van der Waals surface area contributed by atoms with E-state index in [1.807, 2.05) is 13.0 Å². The van der Waals surface area contributed by atoms with Crippen LogP contribution in [0.1, 0.15) is 29.8 Å². The molecule has 3 rings (SSSR count). The summed E-state index contributed by atoms with van der Waals surface area (Å²) in [5.74, 6) is -0.467. The first kappa shape index (κ1) is 20.3. The Morgan fingerprint density at radius 3 is 2.45 bits per heavy atom. The minimum atomic E-state index is -0.587. The van der Waals surface area contributed by atoms with E-state index >= 15 is 0 Å². The molecule has 148 valence electrons. The number of nitrogens with one attached hydrogen (secondary N) is 3. The van der Waals surface area contributed by atoms with Gasteiger partial charge in [-0.3, -0.25) is 14.4 Å². The van der Waals surface area contributed by atoms with Crippen molar-refractivity contribution in [2.45, 2.75) is 20.3 Å². The lowest BCUT2D eigenvalue weighted by molar-refractivity contribution is -0.114. The minimum Gasteiger partial charge on any atom is -0.326 e.